The highest BCUT2D eigenvalue weighted by Crippen LogP contribution is 2.39. The van der Waals surface area contributed by atoms with E-state index in [1.165, 1.54) is 15.0 Å². The molecule has 0 radical (unpaired) electrons. The zero-order valence-electron chi connectivity index (χ0n) is 17.7. The van der Waals surface area contributed by atoms with E-state index in [4.69, 9.17) is 4.74 Å². The van der Waals surface area contributed by atoms with E-state index in [9.17, 15) is 15.3 Å². The molecule has 0 aliphatic carbocycles. The van der Waals surface area contributed by atoms with Crippen molar-refractivity contribution in [3.8, 4) is 11.3 Å². The van der Waals surface area contributed by atoms with Gasteiger partial charge in [-0.3, -0.25) is 5.10 Å². The molecule has 4 atom stereocenters. The molecule has 7 heteroatoms. The zero-order chi connectivity index (χ0) is 22.2. The van der Waals surface area contributed by atoms with Crippen molar-refractivity contribution in [1.29, 1.82) is 0 Å². The summed E-state index contributed by atoms with van der Waals surface area (Å²) in [6.07, 6.45) is -0.684. The fourth-order valence-corrected chi connectivity index (χ4v) is 5.56. The van der Waals surface area contributed by atoms with Crippen LogP contribution >= 0.6 is 11.3 Å². The first-order valence-electron chi connectivity index (χ1n) is 10.8. The van der Waals surface area contributed by atoms with Gasteiger partial charge in [-0.15, -0.1) is 11.3 Å². The van der Waals surface area contributed by atoms with Gasteiger partial charge in [0.05, 0.1) is 24.5 Å². The number of fused-ring (bicyclic) bond motifs is 1. The van der Waals surface area contributed by atoms with E-state index in [1.54, 1.807) is 17.5 Å². The van der Waals surface area contributed by atoms with Crippen LogP contribution in [0.15, 0.2) is 54.7 Å². The fourth-order valence-electron chi connectivity index (χ4n) is 4.48. The number of benzene rings is 2. The summed E-state index contributed by atoms with van der Waals surface area (Å²) >= 11 is 1.78. The van der Waals surface area contributed by atoms with Gasteiger partial charge in [0.25, 0.3) is 0 Å². The molecule has 1 fully saturated rings. The quantitative estimate of drug-likeness (QED) is 0.371. The minimum absolute atomic E-state index is 0.202. The van der Waals surface area contributed by atoms with E-state index in [2.05, 4.69) is 53.5 Å². The number of H-pyrrole nitrogens is 1. The number of aryl methyl sites for hydroxylation is 1. The van der Waals surface area contributed by atoms with Crippen LogP contribution in [0.3, 0.4) is 0 Å². The molecular formula is C25H26N2O4S. The summed E-state index contributed by atoms with van der Waals surface area (Å²) in [4.78, 5) is 1.26. The highest BCUT2D eigenvalue weighted by molar-refractivity contribution is 7.19. The van der Waals surface area contributed by atoms with Gasteiger partial charge >= 0.3 is 0 Å². The molecular weight excluding hydrogens is 424 g/mol. The Balaban J connectivity index is 1.58. The molecule has 1 aliphatic rings. The van der Waals surface area contributed by atoms with Crippen LogP contribution in [0.1, 0.15) is 34.1 Å². The Kier molecular flexibility index (Phi) is 5.84. The molecule has 2 aromatic carbocycles. The van der Waals surface area contributed by atoms with Gasteiger partial charge in [-0.25, -0.2) is 0 Å². The number of thiophene rings is 1. The molecule has 166 valence electrons. The number of ether oxygens (including phenoxy) is 1. The molecule has 0 amide bonds. The van der Waals surface area contributed by atoms with E-state index >= 15 is 0 Å². The maximum Gasteiger partial charge on any atom is 0.112 e. The van der Waals surface area contributed by atoms with Gasteiger partial charge in [0.1, 0.15) is 12.2 Å². The van der Waals surface area contributed by atoms with Crippen LogP contribution in [0.2, 0.25) is 0 Å². The Morgan fingerprint density at radius 2 is 2.00 bits per heavy atom. The number of hydrogen-bond donors (Lipinski definition) is 4. The molecule has 4 N–H and O–H groups in total. The molecule has 3 heterocycles. The van der Waals surface area contributed by atoms with Crippen LogP contribution in [0, 0.1) is 6.92 Å². The Morgan fingerprint density at radius 1 is 1.16 bits per heavy atom. The SMILES string of the molecule is Cc1cc(-c2ccn[nH]2)c(C2OC(CO)CC(O)C2O)cc1Cc1cc2ccccc2s1. The molecule has 5 rings (SSSR count). The molecule has 1 saturated heterocycles. The first-order chi connectivity index (χ1) is 15.5. The largest absolute Gasteiger partial charge is 0.394 e. The summed E-state index contributed by atoms with van der Waals surface area (Å²) in [5, 5.41) is 39.2. The normalized spacial score (nSPS) is 23.6. The van der Waals surface area contributed by atoms with Crippen LogP contribution in [-0.2, 0) is 11.2 Å². The number of rotatable bonds is 5. The second kappa shape index (κ2) is 8.77. The van der Waals surface area contributed by atoms with Gasteiger partial charge < -0.3 is 20.1 Å². The van der Waals surface area contributed by atoms with E-state index in [0.29, 0.717) is 0 Å². The second-order valence-corrected chi connectivity index (χ2v) is 9.59. The summed E-state index contributed by atoms with van der Waals surface area (Å²) in [6, 6.07) is 16.6. The van der Waals surface area contributed by atoms with Crippen molar-refractivity contribution in [2.24, 2.45) is 0 Å². The first-order valence-corrected chi connectivity index (χ1v) is 11.6. The Labute approximate surface area is 190 Å². The van der Waals surface area contributed by atoms with E-state index in [-0.39, 0.29) is 13.0 Å². The molecule has 1 aliphatic heterocycles. The Hall–Kier alpha value is -2.55. The first kappa shape index (κ1) is 21.3. The highest BCUT2D eigenvalue weighted by Gasteiger charge is 2.38. The number of aliphatic hydroxyl groups excluding tert-OH is 3. The molecule has 0 bridgehead atoms. The van der Waals surface area contributed by atoms with Gasteiger partial charge in [0.2, 0.25) is 0 Å². The lowest BCUT2D eigenvalue weighted by atomic mass is 9.87. The third kappa shape index (κ3) is 3.98. The average Bonchev–Trinajstić information content (AvgIpc) is 3.46. The minimum Gasteiger partial charge on any atom is -0.394 e. The van der Waals surface area contributed by atoms with E-state index < -0.39 is 24.4 Å². The lowest BCUT2D eigenvalue weighted by molar-refractivity contribution is -0.179. The van der Waals surface area contributed by atoms with Crippen molar-refractivity contribution in [1.82, 2.24) is 10.2 Å². The number of nitrogens with zero attached hydrogens (tertiary/aromatic N) is 1. The van der Waals surface area contributed by atoms with Crippen LogP contribution in [0.4, 0.5) is 0 Å². The fraction of sp³-hybridized carbons (Fsp3) is 0.320. The predicted octanol–water partition coefficient (Wildman–Crippen LogP) is 3.73. The summed E-state index contributed by atoms with van der Waals surface area (Å²) in [6.45, 7) is 1.87. The van der Waals surface area contributed by atoms with Gasteiger partial charge in [0.15, 0.2) is 0 Å². The van der Waals surface area contributed by atoms with Crippen LogP contribution < -0.4 is 0 Å². The maximum absolute atomic E-state index is 10.8. The molecule has 0 saturated carbocycles. The van der Waals surface area contributed by atoms with Crippen molar-refractivity contribution < 1.29 is 20.1 Å². The van der Waals surface area contributed by atoms with Crippen molar-refractivity contribution in [3.63, 3.8) is 0 Å². The third-order valence-electron chi connectivity index (χ3n) is 6.20. The number of nitrogens with one attached hydrogen (secondary N) is 1. The van der Waals surface area contributed by atoms with Crippen LogP contribution in [0.5, 0.6) is 0 Å². The average molecular weight is 451 g/mol. The highest BCUT2D eigenvalue weighted by atomic mass is 32.1. The molecule has 2 aromatic heterocycles. The maximum atomic E-state index is 10.8. The summed E-state index contributed by atoms with van der Waals surface area (Å²) < 4.78 is 7.30. The van der Waals surface area contributed by atoms with Crippen LogP contribution in [0.25, 0.3) is 21.3 Å². The van der Waals surface area contributed by atoms with Gasteiger partial charge in [-0.2, -0.15) is 5.10 Å². The monoisotopic (exact) mass is 450 g/mol. The summed E-state index contributed by atoms with van der Waals surface area (Å²) in [5.74, 6) is 0. The summed E-state index contributed by atoms with van der Waals surface area (Å²) in [5.41, 5.74) is 4.72. The molecule has 4 aromatic rings. The number of aliphatic hydroxyl groups is 3. The van der Waals surface area contributed by atoms with Gasteiger partial charge in [-0.1, -0.05) is 24.3 Å². The lowest BCUT2D eigenvalue weighted by Gasteiger charge is -2.37. The van der Waals surface area contributed by atoms with Crippen molar-refractivity contribution in [3.05, 3.63) is 76.3 Å². The molecule has 32 heavy (non-hydrogen) atoms. The standard InChI is InChI=1S/C25H26N2O4S/c1-14-8-19(21-6-7-26-27-21)20(25-24(30)22(29)12-17(13-28)31-25)11-16(14)10-18-9-15-4-2-3-5-23(15)32-18/h2-9,11,17,22,24-25,28-30H,10,12-13H2,1H3,(H,26,27). The molecule has 4 unspecified atom stereocenters. The van der Waals surface area contributed by atoms with Gasteiger partial charge in [-0.05, 0) is 53.3 Å². The minimum atomic E-state index is -1.08. The van der Waals surface area contributed by atoms with Crippen molar-refractivity contribution >= 4 is 21.4 Å². The number of aromatic amines is 1. The van der Waals surface area contributed by atoms with Crippen molar-refractivity contribution in [2.75, 3.05) is 6.61 Å². The second-order valence-electron chi connectivity index (χ2n) is 8.42. The Bertz CT molecular complexity index is 1190. The Morgan fingerprint density at radius 3 is 2.75 bits per heavy atom. The smallest absolute Gasteiger partial charge is 0.112 e. The topological polar surface area (TPSA) is 98.6 Å². The van der Waals surface area contributed by atoms with Crippen LogP contribution in [-0.4, -0.2) is 50.4 Å². The lowest BCUT2D eigenvalue weighted by Crippen LogP contribution is -2.44. The molecule has 6 nitrogen and oxygen atoms in total. The predicted molar refractivity (Wildman–Crippen MR) is 125 cm³/mol. The zero-order valence-corrected chi connectivity index (χ0v) is 18.5. The number of aromatic nitrogens is 2. The summed E-state index contributed by atoms with van der Waals surface area (Å²) in [7, 11) is 0. The van der Waals surface area contributed by atoms with Gasteiger partial charge in [0, 0.05) is 34.2 Å². The van der Waals surface area contributed by atoms with E-state index in [1.807, 2.05) is 12.1 Å². The molecule has 0 spiro atoms. The van der Waals surface area contributed by atoms with Crippen molar-refractivity contribution in [2.45, 2.75) is 44.2 Å². The number of hydrogen-bond acceptors (Lipinski definition) is 6. The van der Waals surface area contributed by atoms with E-state index in [0.717, 1.165) is 34.4 Å². The third-order valence-corrected chi connectivity index (χ3v) is 7.31.